The van der Waals surface area contributed by atoms with E-state index in [1.165, 1.54) is 0 Å². The normalized spacial score (nSPS) is 47.7. The molecule has 2 N–H and O–H groups in total. The number of hydrogen-bond acceptors (Lipinski definition) is 6. The Bertz CT molecular complexity index is 346. The highest BCUT2D eigenvalue weighted by molar-refractivity contribution is 5.69. The van der Waals surface area contributed by atoms with Crippen LogP contribution in [0.3, 0.4) is 0 Å². The van der Waals surface area contributed by atoms with Crippen LogP contribution in [0.15, 0.2) is 0 Å². The first kappa shape index (κ1) is 11.2. The quantitative estimate of drug-likeness (QED) is 0.637. The fourth-order valence-corrected chi connectivity index (χ4v) is 2.43. The van der Waals surface area contributed by atoms with Crippen LogP contribution in [0.1, 0.15) is 13.8 Å². The smallest absolute Gasteiger partial charge is 0.407 e. The fourth-order valence-electron chi connectivity index (χ4n) is 2.43. The van der Waals surface area contributed by atoms with Crippen LogP contribution in [0.4, 0.5) is 4.79 Å². The lowest BCUT2D eigenvalue weighted by molar-refractivity contribution is -0.217. The molecule has 0 aromatic carbocycles. The van der Waals surface area contributed by atoms with Gasteiger partial charge in [0.2, 0.25) is 0 Å². The first-order valence-electron chi connectivity index (χ1n) is 5.59. The largest absolute Gasteiger partial charge is 0.447 e. The molecule has 7 nitrogen and oxygen atoms in total. The van der Waals surface area contributed by atoms with E-state index in [2.05, 4.69) is 5.32 Å². The van der Waals surface area contributed by atoms with Gasteiger partial charge in [-0.3, -0.25) is 0 Å². The molecule has 0 radical (unpaired) electrons. The Morgan fingerprint density at radius 1 is 1.35 bits per heavy atom. The fraction of sp³-hybridized carbons (Fsp3) is 0.900. The molecule has 3 aliphatic heterocycles. The van der Waals surface area contributed by atoms with E-state index in [0.29, 0.717) is 0 Å². The number of nitrogens with one attached hydrogen (secondary N) is 1. The van der Waals surface area contributed by atoms with Crippen molar-refractivity contribution in [1.29, 1.82) is 0 Å². The number of fused-ring (bicyclic) bond motifs is 1. The molecule has 3 saturated heterocycles. The lowest BCUT2D eigenvalue weighted by Gasteiger charge is -2.25. The minimum absolute atomic E-state index is 0.184. The molecule has 0 aliphatic carbocycles. The van der Waals surface area contributed by atoms with Crippen molar-refractivity contribution >= 4 is 6.09 Å². The molecule has 0 unspecified atom stereocenters. The van der Waals surface area contributed by atoms with Gasteiger partial charge in [0.05, 0.1) is 6.04 Å². The third kappa shape index (κ3) is 1.79. The summed E-state index contributed by atoms with van der Waals surface area (Å²) in [6, 6.07) is -0.363. The van der Waals surface area contributed by atoms with Crippen LogP contribution in [0.5, 0.6) is 0 Å². The predicted octanol–water partition coefficient (Wildman–Crippen LogP) is -0.668. The average Bonchev–Trinajstić information content (AvgIpc) is 2.83. The first-order chi connectivity index (χ1) is 7.96. The summed E-state index contributed by atoms with van der Waals surface area (Å²) in [5.74, 6) is -0.753. The average molecular weight is 245 g/mol. The molecule has 5 atom stereocenters. The van der Waals surface area contributed by atoms with Gasteiger partial charge in [0.25, 0.3) is 0 Å². The topological polar surface area (TPSA) is 86.3 Å². The summed E-state index contributed by atoms with van der Waals surface area (Å²) in [6.45, 7) is 3.71. The van der Waals surface area contributed by atoms with E-state index in [-0.39, 0.29) is 12.6 Å². The maximum Gasteiger partial charge on any atom is 0.407 e. The van der Waals surface area contributed by atoms with Gasteiger partial charge in [-0.2, -0.15) is 0 Å². The van der Waals surface area contributed by atoms with E-state index in [9.17, 15) is 9.90 Å². The molecule has 3 heterocycles. The number of carbonyl (C=O) groups is 1. The molecule has 0 spiro atoms. The Morgan fingerprint density at radius 3 is 2.71 bits per heavy atom. The van der Waals surface area contributed by atoms with Crippen molar-refractivity contribution in [3.63, 3.8) is 0 Å². The lowest BCUT2D eigenvalue weighted by Crippen LogP contribution is -2.46. The lowest BCUT2D eigenvalue weighted by atomic mass is 10.0. The van der Waals surface area contributed by atoms with Gasteiger partial charge in [0.15, 0.2) is 12.1 Å². The Hall–Kier alpha value is -0.890. The molecule has 0 bridgehead atoms. The number of rotatable bonds is 1. The Labute approximate surface area is 98.0 Å². The molecule has 1 amide bonds. The van der Waals surface area contributed by atoms with Crippen molar-refractivity contribution in [2.45, 2.75) is 50.3 Å². The van der Waals surface area contributed by atoms with Gasteiger partial charge in [-0.05, 0) is 13.8 Å². The minimum Gasteiger partial charge on any atom is -0.447 e. The van der Waals surface area contributed by atoms with Crippen LogP contribution < -0.4 is 5.32 Å². The summed E-state index contributed by atoms with van der Waals surface area (Å²) in [5, 5.41) is 12.7. The number of carbonyl (C=O) groups excluding carboxylic acids is 1. The molecule has 3 rings (SSSR count). The van der Waals surface area contributed by atoms with E-state index < -0.39 is 36.5 Å². The van der Waals surface area contributed by atoms with Crippen molar-refractivity contribution in [3.05, 3.63) is 0 Å². The van der Waals surface area contributed by atoms with Gasteiger partial charge in [0, 0.05) is 0 Å². The monoisotopic (exact) mass is 245 g/mol. The molecular weight excluding hydrogens is 230 g/mol. The standard InChI is InChI=1S/C10H15NO6/c1-10(2)16-7-5(12)6(15-8(7)17-10)4-3-14-9(13)11-4/h4-8,12H,3H2,1-2H3,(H,11,13)/t4-,5+,6-,7-,8-/m1/s1. The predicted molar refractivity (Wildman–Crippen MR) is 53.0 cm³/mol. The third-order valence-electron chi connectivity index (χ3n) is 3.15. The zero-order valence-corrected chi connectivity index (χ0v) is 9.58. The third-order valence-corrected chi connectivity index (χ3v) is 3.15. The minimum atomic E-state index is -0.839. The van der Waals surface area contributed by atoms with Crippen LogP contribution in [0, 0.1) is 0 Å². The van der Waals surface area contributed by atoms with E-state index in [4.69, 9.17) is 18.9 Å². The SMILES string of the molecule is CC1(C)O[C@H]2O[C@H]([C@H]3COC(=O)N3)[C@H](O)[C@H]2O1. The second-order valence-electron chi connectivity index (χ2n) is 4.91. The van der Waals surface area contributed by atoms with Crippen LogP contribution >= 0.6 is 0 Å². The van der Waals surface area contributed by atoms with E-state index in [1.54, 1.807) is 13.8 Å². The van der Waals surface area contributed by atoms with Crippen molar-refractivity contribution in [2.24, 2.45) is 0 Å². The molecular formula is C10H15NO6. The highest BCUT2D eigenvalue weighted by Crippen LogP contribution is 2.38. The zero-order valence-electron chi connectivity index (χ0n) is 9.58. The van der Waals surface area contributed by atoms with Crippen LogP contribution in [-0.2, 0) is 18.9 Å². The molecule has 7 heteroatoms. The van der Waals surface area contributed by atoms with E-state index in [0.717, 1.165) is 0 Å². The van der Waals surface area contributed by atoms with Crippen molar-refractivity contribution in [3.8, 4) is 0 Å². The number of amides is 1. The summed E-state index contributed by atoms with van der Waals surface area (Å²) in [4.78, 5) is 10.9. The van der Waals surface area contributed by atoms with Gasteiger partial charge >= 0.3 is 6.09 Å². The molecule has 3 fully saturated rings. The van der Waals surface area contributed by atoms with Crippen LogP contribution in [0.2, 0.25) is 0 Å². The summed E-state index contributed by atoms with van der Waals surface area (Å²) in [6.07, 6.45) is -3.01. The molecule has 0 saturated carbocycles. The number of hydrogen-bond donors (Lipinski definition) is 2. The Balaban J connectivity index is 1.70. The number of aliphatic hydroxyl groups is 1. The second kappa shape index (κ2) is 3.55. The van der Waals surface area contributed by atoms with Gasteiger partial charge in [-0.15, -0.1) is 0 Å². The first-order valence-corrected chi connectivity index (χ1v) is 5.59. The molecule has 17 heavy (non-hydrogen) atoms. The molecule has 0 aromatic rings. The summed E-state index contributed by atoms with van der Waals surface area (Å²) in [7, 11) is 0. The number of ether oxygens (including phenoxy) is 4. The molecule has 0 aromatic heterocycles. The van der Waals surface area contributed by atoms with Crippen LogP contribution in [-0.4, -0.2) is 54.2 Å². The molecule has 96 valence electrons. The van der Waals surface area contributed by atoms with Crippen LogP contribution in [0.25, 0.3) is 0 Å². The summed E-state index contributed by atoms with van der Waals surface area (Å²) >= 11 is 0. The second-order valence-corrected chi connectivity index (χ2v) is 4.91. The number of alkyl carbamates (subject to hydrolysis) is 1. The zero-order chi connectivity index (χ0) is 12.2. The van der Waals surface area contributed by atoms with E-state index >= 15 is 0 Å². The number of cyclic esters (lactones) is 1. The van der Waals surface area contributed by atoms with E-state index in [1.807, 2.05) is 0 Å². The highest BCUT2D eigenvalue weighted by atomic mass is 16.8. The maximum absolute atomic E-state index is 10.9. The van der Waals surface area contributed by atoms with Gasteiger partial charge in [-0.25, -0.2) is 4.79 Å². The maximum atomic E-state index is 10.9. The Kier molecular flexibility index (Phi) is 2.34. The number of aliphatic hydroxyl groups excluding tert-OH is 1. The van der Waals surface area contributed by atoms with Gasteiger partial charge in [0.1, 0.15) is 24.9 Å². The highest BCUT2D eigenvalue weighted by Gasteiger charge is 2.56. The van der Waals surface area contributed by atoms with Crippen molar-refractivity contribution < 1.29 is 28.8 Å². The summed E-state index contributed by atoms with van der Waals surface area (Å²) in [5.41, 5.74) is 0. The summed E-state index contributed by atoms with van der Waals surface area (Å²) < 4.78 is 21.4. The van der Waals surface area contributed by atoms with Gasteiger partial charge < -0.3 is 29.4 Å². The molecule has 3 aliphatic rings. The van der Waals surface area contributed by atoms with Crippen molar-refractivity contribution in [1.82, 2.24) is 5.32 Å². The van der Waals surface area contributed by atoms with Gasteiger partial charge in [-0.1, -0.05) is 0 Å². The van der Waals surface area contributed by atoms with Crippen molar-refractivity contribution in [2.75, 3.05) is 6.61 Å². The Morgan fingerprint density at radius 2 is 2.12 bits per heavy atom.